The first kappa shape index (κ1) is 20.7. The number of nitrogens with two attached hydrogens (primary N) is 1. The zero-order valence-electron chi connectivity index (χ0n) is 16.5. The van der Waals surface area contributed by atoms with Gasteiger partial charge in [-0.05, 0) is 44.2 Å². The Morgan fingerprint density at radius 2 is 1.55 bits per heavy atom. The van der Waals surface area contributed by atoms with Crippen LogP contribution in [0.4, 0.5) is 5.69 Å². The largest absolute Gasteiger partial charge is 0.368 e. The average Bonchev–Trinajstić information content (AvgIpc) is 2.75. The number of rotatable bonds is 7. The number of primary amides is 1. The molecule has 1 saturated heterocycles. The Morgan fingerprint density at radius 1 is 0.966 bits per heavy atom. The van der Waals surface area contributed by atoms with Gasteiger partial charge in [-0.15, -0.1) is 0 Å². The SMILES string of the molecule is CNC1(C(N)=O)CCN(CC(=O)Nc2ccc(C(=O)c3ccccc3)cc2)CC1. The van der Waals surface area contributed by atoms with Crippen LogP contribution in [0.3, 0.4) is 0 Å². The summed E-state index contributed by atoms with van der Waals surface area (Å²) in [7, 11) is 1.74. The van der Waals surface area contributed by atoms with E-state index in [9.17, 15) is 14.4 Å². The number of carbonyl (C=O) groups is 3. The van der Waals surface area contributed by atoms with Crippen molar-refractivity contribution in [2.75, 3.05) is 32.0 Å². The van der Waals surface area contributed by atoms with Gasteiger partial charge in [-0.1, -0.05) is 30.3 Å². The minimum absolute atomic E-state index is 0.0562. The number of amides is 2. The van der Waals surface area contributed by atoms with Crippen molar-refractivity contribution in [3.8, 4) is 0 Å². The van der Waals surface area contributed by atoms with Crippen molar-refractivity contribution in [2.24, 2.45) is 5.73 Å². The van der Waals surface area contributed by atoms with Crippen LogP contribution < -0.4 is 16.4 Å². The second-order valence-corrected chi connectivity index (χ2v) is 7.29. The summed E-state index contributed by atoms with van der Waals surface area (Å²) in [6.45, 7) is 1.46. The van der Waals surface area contributed by atoms with E-state index >= 15 is 0 Å². The number of likely N-dealkylation sites (tertiary alicyclic amines) is 1. The maximum absolute atomic E-state index is 12.4. The zero-order chi connectivity index (χ0) is 20.9. The van der Waals surface area contributed by atoms with Crippen LogP contribution in [0.25, 0.3) is 0 Å². The van der Waals surface area contributed by atoms with E-state index in [-0.39, 0.29) is 24.1 Å². The molecule has 152 valence electrons. The van der Waals surface area contributed by atoms with Gasteiger partial charge in [-0.3, -0.25) is 19.3 Å². The Balaban J connectivity index is 1.53. The molecule has 7 heteroatoms. The number of benzene rings is 2. The van der Waals surface area contributed by atoms with Gasteiger partial charge in [0.2, 0.25) is 11.8 Å². The molecule has 0 radical (unpaired) electrons. The van der Waals surface area contributed by atoms with E-state index in [0.29, 0.717) is 42.7 Å². The molecular weight excluding hydrogens is 368 g/mol. The smallest absolute Gasteiger partial charge is 0.238 e. The van der Waals surface area contributed by atoms with Crippen molar-refractivity contribution in [1.82, 2.24) is 10.2 Å². The van der Waals surface area contributed by atoms with E-state index in [1.165, 1.54) is 0 Å². The number of carbonyl (C=O) groups excluding carboxylic acids is 3. The molecule has 4 N–H and O–H groups in total. The molecule has 0 unspecified atom stereocenters. The van der Waals surface area contributed by atoms with Gasteiger partial charge in [-0.2, -0.15) is 0 Å². The molecule has 1 heterocycles. The fourth-order valence-electron chi connectivity index (χ4n) is 3.58. The quantitative estimate of drug-likeness (QED) is 0.616. The predicted molar refractivity (Wildman–Crippen MR) is 112 cm³/mol. The van der Waals surface area contributed by atoms with E-state index in [2.05, 4.69) is 10.6 Å². The van der Waals surface area contributed by atoms with E-state index < -0.39 is 5.54 Å². The maximum Gasteiger partial charge on any atom is 0.238 e. The second kappa shape index (κ2) is 8.98. The fraction of sp³-hybridized carbons (Fsp3) is 0.318. The molecule has 3 rings (SSSR count). The van der Waals surface area contributed by atoms with Crippen LogP contribution in [-0.2, 0) is 9.59 Å². The highest BCUT2D eigenvalue weighted by Gasteiger charge is 2.38. The van der Waals surface area contributed by atoms with Crippen LogP contribution in [-0.4, -0.2) is 54.7 Å². The molecule has 0 bridgehead atoms. The molecule has 0 aliphatic carbocycles. The molecule has 0 saturated carbocycles. The van der Waals surface area contributed by atoms with E-state index in [0.717, 1.165) is 0 Å². The summed E-state index contributed by atoms with van der Waals surface area (Å²) in [5, 5.41) is 5.88. The summed E-state index contributed by atoms with van der Waals surface area (Å²) in [5.41, 5.74) is 6.66. The van der Waals surface area contributed by atoms with Gasteiger partial charge in [0.1, 0.15) is 0 Å². The van der Waals surface area contributed by atoms with Crippen LogP contribution in [0, 0.1) is 0 Å². The van der Waals surface area contributed by atoms with Gasteiger partial charge in [0.25, 0.3) is 0 Å². The summed E-state index contributed by atoms with van der Waals surface area (Å²) in [6, 6.07) is 15.9. The number of hydrogen-bond acceptors (Lipinski definition) is 5. The number of nitrogens with zero attached hydrogens (tertiary/aromatic N) is 1. The lowest BCUT2D eigenvalue weighted by Gasteiger charge is -2.39. The van der Waals surface area contributed by atoms with Crippen molar-refractivity contribution in [1.29, 1.82) is 0 Å². The monoisotopic (exact) mass is 394 g/mol. The average molecular weight is 394 g/mol. The molecule has 0 atom stereocenters. The number of piperidine rings is 1. The zero-order valence-corrected chi connectivity index (χ0v) is 16.5. The van der Waals surface area contributed by atoms with Crippen LogP contribution in [0.1, 0.15) is 28.8 Å². The predicted octanol–water partition coefficient (Wildman–Crippen LogP) is 1.40. The molecule has 29 heavy (non-hydrogen) atoms. The second-order valence-electron chi connectivity index (χ2n) is 7.29. The summed E-state index contributed by atoms with van der Waals surface area (Å²) >= 11 is 0. The number of likely N-dealkylation sites (N-methyl/N-ethyl adjacent to an activating group) is 1. The first-order valence-corrected chi connectivity index (χ1v) is 9.64. The highest BCUT2D eigenvalue weighted by molar-refractivity contribution is 6.09. The third-order valence-corrected chi connectivity index (χ3v) is 5.49. The highest BCUT2D eigenvalue weighted by Crippen LogP contribution is 2.21. The van der Waals surface area contributed by atoms with E-state index in [1.807, 2.05) is 23.1 Å². The van der Waals surface area contributed by atoms with Crippen molar-refractivity contribution < 1.29 is 14.4 Å². The fourth-order valence-corrected chi connectivity index (χ4v) is 3.58. The van der Waals surface area contributed by atoms with Gasteiger partial charge in [0, 0.05) is 29.9 Å². The molecule has 2 aromatic carbocycles. The first-order valence-electron chi connectivity index (χ1n) is 9.64. The van der Waals surface area contributed by atoms with Gasteiger partial charge in [0.15, 0.2) is 5.78 Å². The standard InChI is InChI=1S/C22H26N4O3/c1-24-22(21(23)29)11-13-26(14-12-22)15-19(27)25-18-9-7-17(8-10-18)20(28)16-5-3-2-4-6-16/h2-10,24H,11-15H2,1H3,(H2,23,29)(H,25,27). The normalized spacial score (nSPS) is 16.2. The Bertz CT molecular complexity index is 873. The van der Waals surface area contributed by atoms with Crippen molar-refractivity contribution in [3.05, 3.63) is 65.7 Å². The van der Waals surface area contributed by atoms with Crippen LogP contribution in [0.15, 0.2) is 54.6 Å². The lowest BCUT2D eigenvalue weighted by molar-refractivity contribution is -0.126. The maximum atomic E-state index is 12.4. The Hall–Kier alpha value is -3.03. The van der Waals surface area contributed by atoms with Gasteiger partial charge < -0.3 is 16.4 Å². The summed E-state index contributed by atoms with van der Waals surface area (Å²) in [4.78, 5) is 38.5. The molecule has 1 aliphatic heterocycles. The summed E-state index contributed by atoms with van der Waals surface area (Å²) in [5.74, 6) is -0.545. The summed E-state index contributed by atoms with van der Waals surface area (Å²) in [6.07, 6.45) is 1.14. The number of nitrogens with one attached hydrogen (secondary N) is 2. The Morgan fingerprint density at radius 3 is 2.10 bits per heavy atom. The molecule has 2 aromatic rings. The number of anilines is 1. The Labute approximate surface area is 170 Å². The molecule has 1 aliphatic rings. The molecule has 0 spiro atoms. The number of ketones is 1. The topological polar surface area (TPSA) is 105 Å². The van der Waals surface area contributed by atoms with E-state index in [4.69, 9.17) is 5.73 Å². The van der Waals surface area contributed by atoms with Crippen molar-refractivity contribution in [2.45, 2.75) is 18.4 Å². The van der Waals surface area contributed by atoms with Crippen LogP contribution in [0.2, 0.25) is 0 Å². The summed E-state index contributed by atoms with van der Waals surface area (Å²) < 4.78 is 0. The minimum Gasteiger partial charge on any atom is -0.368 e. The molecule has 0 aromatic heterocycles. The van der Waals surface area contributed by atoms with E-state index in [1.54, 1.807) is 43.4 Å². The molecule has 1 fully saturated rings. The third kappa shape index (κ3) is 4.88. The lowest BCUT2D eigenvalue weighted by Crippen LogP contribution is -2.60. The lowest BCUT2D eigenvalue weighted by atomic mass is 9.87. The van der Waals surface area contributed by atoms with Crippen molar-refractivity contribution in [3.63, 3.8) is 0 Å². The minimum atomic E-state index is -0.686. The number of hydrogen-bond donors (Lipinski definition) is 3. The van der Waals surface area contributed by atoms with Crippen LogP contribution >= 0.6 is 0 Å². The molecular formula is C22H26N4O3. The molecule has 7 nitrogen and oxygen atoms in total. The highest BCUT2D eigenvalue weighted by atomic mass is 16.2. The van der Waals surface area contributed by atoms with Crippen LogP contribution in [0.5, 0.6) is 0 Å². The van der Waals surface area contributed by atoms with Crippen molar-refractivity contribution >= 4 is 23.3 Å². The van der Waals surface area contributed by atoms with Gasteiger partial charge >= 0.3 is 0 Å². The van der Waals surface area contributed by atoms with Gasteiger partial charge in [0.05, 0.1) is 12.1 Å². The third-order valence-electron chi connectivity index (χ3n) is 5.49. The Kier molecular flexibility index (Phi) is 6.41. The molecule has 2 amide bonds. The van der Waals surface area contributed by atoms with Gasteiger partial charge in [-0.25, -0.2) is 0 Å². The first-order chi connectivity index (χ1) is 13.9.